The van der Waals surface area contributed by atoms with E-state index in [1.54, 1.807) is 6.20 Å². The highest BCUT2D eigenvalue weighted by Crippen LogP contribution is 2.24. The van der Waals surface area contributed by atoms with Gasteiger partial charge in [0.05, 0.1) is 10.2 Å². The molecule has 0 amide bonds. The van der Waals surface area contributed by atoms with Gasteiger partial charge in [-0.1, -0.05) is 18.2 Å². The van der Waals surface area contributed by atoms with Crippen molar-refractivity contribution < 1.29 is 4.74 Å². The lowest BCUT2D eigenvalue weighted by molar-refractivity contribution is 0.299. The molecule has 0 unspecified atom stereocenters. The molecule has 0 fully saturated rings. The van der Waals surface area contributed by atoms with Crippen LogP contribution in [0.2, 0.25) is 0 Å². The fourth-order valence-electron chi connectivity index (χ4n) is 1.20. The molecule has 1 aromatic carbocycles. The number of ether oxygens (including phenoxy) is 1. The van der Waals surface area contributed by atoms with Gasteiger partial charge in [-0.3, -0.25) is 4.98 Å². The van der Waals surface area contributed by atoms with Crippen LogP contribution in [-0.2, 0) is 6.61 Å². The first-order valence-electron chi connectivity index (χ1n) is 4.63. The fourth-order valence-corrected chi connectivity index (χ4v) is 1.60. The second-order valence-electron chi connectivity index (χ2n) is 3.04. The molecular weight excluding hydrogens is 254 g/mol. The minimum Gasteiger partial charge on any atom is -0.486 e. The summed E-state index contributed by atoms with van der Waals surface area (Å²) in [7, 11) is 0. The van der Waals surface area contributed by atoms with Crippen molar-refractivity contribution in [3.05, 3.63) is 58.8 Å². The van der Waals surface area contributed by atoms with Gasteiger partial charge in [0, 0.05) is 6.20 Å². The van der Waals surface area contributed by atoms with Gasteiger partial charge in [0.25, 0.3) is 0 Å². The maximum absolute atomic E-state index is 5.61. The number of nitrogens with zero attached hydrogens (tertiary/aromatic N) is 1. The number of para-hydroxylation sites is 1. The molecule has 0 saturated carbocycles. The molecule has 1 aromatic heterocycles. The molecule has 0 aliphatic carbocycles. The third kappa shape index (κ3) is 2.80. The van der Waals surface area contributed by atoms with E-state index in [9.17, 15) is 0 Å². The number of pyridine rings is 1. The van der Waals surface area contributed by atoms with Gasteiger partial charge >= 0.3 is 0 Å². The molecule has 76 valence electrons. The molecule has 2 rings (SSSR count). The van der Waals surface area contributed by atoms with Gasteiger partial charge in [-0.2, -0.15) is 0 Å². The van der Waals surface area contributed by atoms with Crippen LogP contribution >= 0.6 is 15.9 Å². The fraction of sp³-hybridized carbons (Fsp3) is 0.0833. The monoisotopic (exact) mass is 263 g/mol. The maximum Gasteiger partial charge on any atom is 0.134 e. The van der Waals surface area contributed by atoms with E-state index in [1.165, 1.54) is 0 Å². The molecule has 0 saturated heterocycles. The zero-order valence-electron chi connectivity index (χ0n) is 8.06. The summed E-state index contributed by atoms with van der Waals surface area (Å²) in [6.45, 7) is 0.490. The number of aromatic nitrogens is 1. The lowest BCUT2D eigenvalue weighted by Crippen LogP contribution is -1.97. The summed E-state index contributed by atoms with van der Waals surface area (Å²) in [4.78, 5) is 4.18. The van der Waals surface area contributed by atoms with Gasteiger partial charge < -0.3 is 4.74 Å². The molecule has 0 spiro atoms. The summed E-state index contributed by atoms with van der Waals surface area (Å²) in [5.74, 6) is 0.836. The van der Waals surface area contributed by atoms with Gasteiger partial charge in [-0.05, 0) is 40.2 Å². The molecule has 0 radical (unpaired) electrons. The highest BCUT2D eigenvalue weighted by Gasteiger charge is 1.99. The summed E-state index contributed by atoms with van der Waals surface area (Å²) in [5.41, 5.74) is 0.924. The van der Waals surface area contributed by atoms with Gasteiger partial charge in [-0.25, -0.2) is 0 Å². The first-order chi connectivity index (χ1) is 7.36. The zero-order chi connectivity index (χ0) is 10.5. The summed E-state index contributed by atoms with van der Waals surface area (Å²) < 4.78 is 6.57. The average molecular weight is 264 g/mol. The Bertz CT molecular complexity index is 431. The second kappa shape index (κ2) is 4.94. The Kier molecular flexibility index (Phi) is 3.35. The van der Waals surface area contributed by atoms with E-state index in [2.05, 4.69) is 20.9 Å². The third-order valence-electron chi connectivity index (χ3n) is 1.94. The Morgan fingerprint density at radius 1 is 1.07 bits per heavy atom. The highest BCUT2D eigenvalue weighted by molar-refractivity contribution is 9.10. The van der Waals surface area contributed by atoms with E-state index in [0.717, 1.165) is 15.9 Å². The van der Waals surface area contributed by atoms with E-state index in [4.69, 9.17) is 4.74 Å². The van der Waals surface area contributed by atoms with Crippen LogP contribution in [0.1, 0.15) is 5.69 Å². The van der Waals surface area contributed by atoms with E-state index < -0.39 is 0 Å². The van der Waals surface area contributed by atoms with Crippen molar-refractivity contribution in [2.75, 3.05) is 0 Å². The minimum absolute atomic E-state index is 0.490. The average Bonchev–Trinajstić information content (AvgIpc) is 2.29. The quantitative estimate of drug-likeness (QED) is 0.847. The van der Waals surface area contributed by atoms with Gasteiger partial charge in [0.1, 0.15) is 12.4 Å². The molecule has 0 bridgehead atoms. The maximum atomic E-state index is 5.61. The zero-order valence-corrected chi connectivity index (χ0v) is 9.65. The number of benzene rings is 1. The molecule has 0 N–H and O–H groups in total. The van der Waals surface area contributed by atoms with Crippen LogP contribution in [0.3, 0.4) is 0 Å². The smallest absolute Gasteiger partial charge is 0.134 e. The van der Waals surface area contributed by atoms with Crippen LogP contribution in [0.15, 0.2) is 53.1 Å². The predicted molar refractivity (Wildman–Crippen MR) is 62.7 cm³/mol. The largest absolute Gasteiger partial charge is 0.486 e. The second-order valence-corrected chi connectivity index (χ2v) is 3.89. The predicted octanol–water partition coefficient (Wildman–Crippen LogP) is 3.42. The SMILES string of the molecule is Brc1ccccc1OCc1ccccn1. The molecule has 15 heavy (non-hydrogen) atoms. The lowest BCUT2D eigenvalue weighted by Gasteiger charge is -2.06. The standard InChI is InChI=1S/C12H10BrNO/c13-11-6-1-2-7-12(11)15-9-10-5-3-4-8-14-10/h1-8H,9H2. The molecule has 1 heterocycles. The van der Waals surface area contributed by atoms with Crippen molar-refractivity contribution in [2.24, 2.45) is 0 Å². The van der Waals surface area contributed by atoms with Crippen molar-refractivity contribution in [3.63, 3.8) is 0 Å². The van der Waals surface area contributed by atoms with E-state index >= 15 is 0 Å². The number of halogens is 1. The van der Waals surface area contributed by atoms with Crippen molar-refractivity contribution in [2.45, 2.75) is 6.61 Å². The van der Waals surface area contributed by atoms with Gasteiger partial charge in [0.2, 0.25) is 0 Å². The van der Waals surface area contributed by atoms with Crippen LogP contribution in [0.5, 0.6) is 5.75 Å². The number of hydrogen-bond acceptors (Lipinski definition) is 2. The summed E-state index contributed by atoms with van der Waals surface area (Å²) >= 11 is 3.42. The minimum atomic E-state index is 0.490. The van der Waals surface area contributed by atoms with Gasteiger partial charge in [0.15, 0.2) is 0 Å². The first-order valence-corrected chi connectivity index (χ1v) is 5.43. The van der Waals surface area contributed by atoms with Crippen molar-refractivity contribution in [3.8, 4) is 5.75 Å². The molecule has 0 atom stereocenters. The Labute approximate surface area is 97.1 Å². The van der Waals surface area contributed by atoms with E-state index in [1.807, 2.05) is 42.5 Å². The Hall–Kier alpha value is -1.35. The van der Waals surface area contributed by atoms with Gasteiger partial charge in [-0.15, -0.1) is 0 Å². The Morgan fingerprint density at radius 2 is 1.87 bits per heavy atom. The van der Waals surface area contributed by atoms with Crippen molar-refractivity contribution >= 4 is 15.9 Å². The normalized spacial score (nSPS) is 9.93. The van der Waals surface area contributed by atoms with E-state index in [0.29, 0.717) is 6.61 Å². The summed E-state index contributed by atoms with van der Waals surface area (Å²) in [6.07, 6.45) is 1.76. The molecule has 0 aliphatic rings. The molecule has 2 aromatic rings. The van der Waals surface area contributed by atoms with Crippen LogP contribution in [-0.4, -0.2) is 4.98 Å². The van der Waals surface area contributed by atoms with Crippen molar-refractivity contribution in [1.82, 2.24) is 4.98 Å². The van der Waals surface area contributed by atoms with Crippen molar-refractivity contribution in [1.29, 1.82) is 0 Å². The third-order valence-corrected chi connectivity index (χ3v) is 2.59. The molecule has 3 heteroatoms. The Morgan fingerprint density at radius 3 is 2.60 bits per heavy atom. The van der Waals surface area contributed by atoms with Crippen LogP contribution in [0, 0.1) is 0 Å². The summed E-state index contributed by atoms with van der Waals surface area (Å²) in [6, 6.07) is 13.6. The molecule has 2 nitrogen and oxygen atoms in total. The van der Waals surface area contributed by atoms with E-state index in [-0.39, 0.29) is 0 Å². The summed E-state index contributed by atoms with van der Waals surface area (Å²) in [5, 5.41) is 0. The number of hydrogen-bond donors (Lipinski definition) is 0. The highest BCUT2D eigenvalue weighted by atomic mass is 79.9. The lowest BCUT2D eigenvalue weighted by atomic mass is 10.3. The molecule has 0 aliphatic heterocycles. The Balaban J connectivity index is 2.03. The van der Waals surface area contributed by atoms with Crippen LogP contribution < -0.4 is 4.74 Å². The number of rotatable bonds is 3. The van der Waals surface area contributed by atoms with Crippen LogP contribution in [0.25, 0.3) is 0 Å². The van der Waals surface area contributed by atoms with Crippen LogP contribution in [0.4, 0.5) is 0 Å². The topological polar surface area (TPSA) is 22.1 Å². The molecular formula is C12H10BrNO. The first kappa shape index (κ1) is 10.2.